The Morgan fingerprint density at radius 3 is 2.50 bits per heavy atom. The van der Waals surface area contributed by atoms with E-state index < -0.39 is 0 Å². The number of guanidine groups is 1. The monoisotopic (exact) mass is 384 g/mol. The molecule has 2 aromatic carbocycles. The Bertz CT molecular complexity index is 803. The van der Waals surface area contributed by atoms with Crippen LogP contribution in [0.5, 0.6) is 0 Å². The first kappa shape index (κ1) is 20.3. The lowest BCUT2D eigenvalue weighted by Crippen LogP contribution is -2.37. The zero-order valence-corrected chi connectivity index (χ0v) is 16.7. The van der Waals surface area contributed by atoms with Gasteiger partial charge >= 0.3 is 0 Å². The summed E-state index contributed by atoms with van der Waals surface area (Å²) in [6, 6.07) is 13.6. The van der Waals surface area contributed by atoms with Crippen molar-refractivity contribution in [3.63, 3.8) is 0 Å². The molecule has 0 spiro atoms. The maximum atomic E-state index is 13.4. The third-order valence-electron chi connectivity index (χ3n) is 4.97. The highest BCUT2D eigenvalue weighted by Gasteiger charge is 2.12. The number of benzene rings is 2. The van der Waals surface area contributed by atoms with Crippen LogP contribution in [-0.4, -0.2) is 44.2 Å². The van der Waals surface area contributed by atoms with Gasteiger partial charge < -0.3 is 15.4 Å². The molecule has 1 aliphatic heterocycles. The van der Waals surface area contributed by atoms with Crippen molar-refractivity contribution in [2.24, 2.45) is 4.99 Å². The Balaban J connectivity index is 1.55. The minimum absolute atomic E-state index is 0.178. The smallest absolute Gasteiger partial charge is 0.191 e. The van der Waals surface area contributed by atoms with Gasteiger partial charge in [-0.25, -0.2) is 4.39 Å². The summed E-state index contributed by atoms with van der Waals surface area (Å²) in [5, 5.41) is 6.67. The molecule has 6 heteroatoms. The van der Waals surface area contributed by atoms with Gasteiger partial charge in [0.1, 0.15) is 5.82 Å². The Morgan fingerprint density at radius 1 is 1.07 bits per heavy atom. The quantitative estimate of drug-likeness (QED) is 0.594. The molecule has 5 nitrogen and oxygen atoms in total. The summed E-state index contributed by atoms with van der Waals surface area (Å²) in [5.74, 6) is 0.547. The number of halogens is 1. The lowest BCUT2D eigenvalue weighted by Gasteiger charge is -2.27. The molecule has 28 heavy (non-hydrogen) atoms. The highest BCUT2D eigenvalue weighted by Crippen LogP contribution is 2.13. The molecular weight excluding hydrogens is 355 g/mol. The second-order valence-electron chi connectivity index (χ2n) is 7.02. The van der Waals surface area contributed by atoms with Crippen LogP contribution in [0.25, 0.3) is 0 Å². The Kier molecular flexibility index (Phi) is 7.39. The van der Waals surface area contributed by atoms with E-state index in [2.05, 4.69) is 44.8 Å². The summed E-state index contributed by atoms with van der Waals surface area (Å²) in [6.45, 7) is 7.56. The number of nitrogens with one attached hydrogen (secondary N) is 2. The molecule has 0 amide bonds. The first-order valence-corrected chi connectivity index (χ1v) is 9.72. The minimum atomic E-state index is -0.178. The zero-order valence-electron chi connectivity index (χ0n) is 16.7. The highest BCUT2D eigenvalue weighted by atomic mass is 19.1. The van der Waals surface area contributed by atoms with E-state index in [1.807, 2.05) is 6.07 Å². The fourth-order valence-corrected chi connectivity index (χ4v) is 3.29. The van der Waals surface area contributed by atoms with Crippen molar-refractivity contribution in [1.29, 1.82) is 0 Å². The molecule has 0 bridgehead atoms. The number of nitrogens with zero attached hydrogens (tertiary/aromatic N) is 2. The van der Waals surface area contributed by atoms with Crippen molar-refractivity contribution in [3.05, 3.63) is 70.5 Å². The van der Waals surface area contributed by atoms with Crippen LogP contribution in [0.15, 0.2) is 47.5 Å². The number of morpholine rings is 1. The van der Waals surface area contributed by atoms with E-state index >= 15 is 0 Å². The molecule has 0 radical (unpaired) electrons. The van der Waals surface area contributed by atoms with E-state index in [1.54, 1.807) is 20.0 Å². The number of hydrogen-bond donors (Lipinski definition) is 2. The van der Waals surface area contributed by atoms with Gasteiger partial charge in [0.25, 0.3) is 0 Å². The molecule has 150 valence electrons. The number of hydrogen-bond acceptors (Lipinski definition) is 3. The summed E-state index contributed by atoms with van der Waals surface area (Å²) < 4.78 is 18.9. The molecule has 1 fully saturated rings. The number of ether oxygens (including phenoxy) is 1. The lowest BCUT2D eigenvalue weighted by molar-refractivity contribution is 0.0341. The number of rotatable bonds is 6. The van der Waals surface area contributed by atoms with Gasteiger partial charge in [-0.05, 0) is 35.2 Å². The summed E-state index contributed by atoms with van der Waals surface area (Å²) in [7, 11) is 1.75. The van der Waals surface area contributed by atoms with Crippen LogP contribution in [0.3, 0.4) is 0 Å². The van der Waals surface area contributed by atoms with Crippen molar-refractivity contribution in [1.82, 2.24) is 15.5 Å². The van der Waals surface area contributed by atoms with Crippen molar-refractivity contribution >= 4 is 5.96 Å². The van der Waals surface area contributed by atoms with E-state index in [4.69, 9.17) is 4.74 Å². The summed E-state index contributed by atoms with van der Waals surface area (Å²) in [5.41, 5.74) is 4.25. The number of aryl methyl sites for hydroxylation is 1. The molecule has 0 unspecified atom stereocenters. The average molecular weight is 384 g/mol. The fourth-order valence-electron chi connectivity index (χ4n) is 3.29. The molecule has 2 N–H and O–H groups in total. The van der Waals surface area contributed by atoms with Crippen molar-refractivity contribution in [2.45, 2.75) is 26.6 Å². The van der Waals surface area contributed by atoms with Crippen molar-refractivity contribution in [3.8, 4) is 0 Å². The third-order valence-corrected chi connectivity index (χ3v) is 4.97. The van der Waals surface area contributed by atoms with Gasteiger partial charge in [0.05, 0.1) is 13.2 Å². The normalized spacial score (nSPS) is 15.5. The largest absolute Gasteiger partial charge is 0.379 e. The predicted molar refractivity (Wildman–Crippen MR) is 111 cm³/mol. The Labute approximate surface area is 166 Å². The van der Waals surface area contributed by atoms with Gasteiger partial charge in [0.2, 0.25) is 0 Å². The molecular formula is C22H29FN4O. The SMILES string of the molecule is CN=C(NCc1ccc(F)c(C)c1)NCc1ccccc1CN1CCOCC1. The molecule has 0 aromatic heterocycles. The van der Waals surface area contributed by atoms with E-state index in [1.165, 1.54) is 17.2 Å². The van der Waals surface area contributed by atoms with Crippen LogP contribution in [0.4, 0.5) is 4.39 Å². The topological polar surface area (TPSA) is 48.9 Å². The van der Waals surface area contributed by atoms with E-state index in [-0.39, 0.29) is 5.82 Å². The van der Waals surface area contributed by atoms with Crippen LogP contribution >= 0.6 is 0 Å². The molecule has 1 aliphatic rings. The molecule has 3 rings (SSSR count). The van der Waals surface area contributed by atoms with Crippen LogP contribution < -0.4 is 10.6 Å². The Hall–Kier alpha value is -2.44. The predicted octanol–water partition coefficient (Wildman–Crippen LogP) is 2.83. The number of aliphatic imine (C=N–C) groups is 1. The summed E-state index contributed by atoms with van der Waals surface area (Å²) in [6.07, 6.45) is 0. The van der Waals surface area contributed by atoms with E-state index in [9.17, 15) is 4.39 Å². The van der Waals surface area contributed by atoms with Gasteiger partial charge in [-0.2, -0.15) is 0 Å². The van der Waals surface area contributed by atoms with E-state index in [0.29, 0.717) is 18.7 Å². The van der Waals surface area contributed by atoms with E-state index in [0.717, 1.165) is 44.4 Å². The van der Waals surface area contributed by atoms with Crippen LogP contribution in [0.1, 0.15) is 22.3 Å². The molecule has 1 heterocycles. The second-order valence-corrected chi connectivity index (χ2v) is 7.02. The van der Waals surface area contributed by atoms with Crippen molar-refractivity contribution in [2.75, 3.05) is 33.4 Å². The molecule has 2 aromatic rings. The standard InChI is InChI=1S/C22H29FN4O/c1-17-13-18(7-8-21(17)23)14-25-22(24-2)26-15-19-5-3-4-6-20(19)16-27-9-11-28-12-10-27/h3-8,13H,9-12,14-16H2,1-2H3,(H2,24,25,26). The van der Waals surface area contributed by atoms with Gasteiger partial charge in [-0.1, -0.05) is 36.4 Å². The van der Waals surface area contributed by atoms with Crippen LogP contribution in [0.2, 0.25) is 0 Å². The first-order chi connectivity index (χ1) is 13.7. The van der Waals surface area contributed by atoms with Gasteiger partial charge in [-0.3, -0.25) is 9.89 Å². The van der Waals surface area contributed by atoms with Gasteiger partial charge in [0, 0.05) is 39.8 Å². The summed E-state index contributed by atoms with van der Waals surface area (Å²) >= 11 is 0. The Morgan fingerprint density at radius 2 is 1.79 bits per heavy atom. The maximum absolute atomic E-state index is 13.4. The first-order valence-electron chi connectivity index (χ1n) is 9.72. The summed E-state index contributed by atoms with van der Waals surface area (Å²) in [4.78, 5) is 6.72. The third kappa shape index (κ3) is 5.78. The molecule has 0 saturated carbocycles. The minimum Gasteiger partial charge on any atom is -0.379 e. The van der Waals surface area contributed by atoms with Crippen molar-refractivity contribution < 1.29 is 9.13 Å². The van der Waals surface area contributed by atoms with Crippen LogP contribution in [-0.2, 0) is 24.4 Å². The highest BCUT2D eigenvalue weighted by molar-refractivity contribution is 5.79. The second kappa shape index (κ2) is 10.2. The molecule has 1 saturated heterocycles. The van der Waals surface area contributed by atoms with Gasteiger partial charge in [-0.15, -0.1) is 0 Å². The average Bonchev–Trinajstić information content (AvgIpc) is 2.72. The maximum Gasteiger partial charge on any atom is 0.191 e. The van der Waals surface area contributed by atoms with Gasteiger partial charge in [0.15, 0.2) is 5.96 Å². The van der Waals surface area contributed by atoms with Crippen LogP contribution in [0, 0.1) is 12.7 Å². The molecule has 0 aliphatic carbocycles. The zero-order chi connectivity index (χ0) is 19.8. The molecule has 0 atom stereocenters. The fraction of sp³-hybridized carbons (Fsp3) is 0.409. The lowest BCUT2D eigenvalue weighted by atomic mass is 10.1.